The second-order valence-electron chi connectivity index (χ2n) is 2.47. The van der Waals surface area contributed by atoms with Crippen molar-refractivity contribution in [3.05, 3.63) is 35.4 Å². The molecule has 0 N–H and O–H groups in total. The highest BCUT2D eigenvalue weighted by Crippen LogP contribution is 2.38. The Morgan fingerprint density at radius 1 is 1.36 bits per heavy atom. The Kier molecular flexibility index (Phi) is 0.733. The molecule has 0 aliphatic carbocycles. The quantitative estimate of drug-likeness (QED) is 0.481. The van der Waals surface area contributed by atoms with Gasteiger partial charge in [0, 0.05) is 0 Å². The van der Waals surface area contributed by atoms with Crippen LogP contribution in [-0.2, 0) is 9.47 Å². The van der Waals surface area contributed by atoms with Crippen LogP contribution in [0.3, 0.4) is 0 Å². The van der Waals surface area contributed by atoms with Crippen molar-refractivity contribution in [2.24, 2.45) is 4.99 Å². The molecule has 0 atom stereocenters. The molecule has 1 saturated heterocycles. The lowest BCUT2D eigenvalue weighted by Gasteiger charge is -2.01. The Morgan fingerprint density at radius 3 is 3.36 bits per heavy atom. The molecule has 0 amide bonds. The third-order valence-electron chi connectivity index (χ3n) is 1.73. The first-order valence-electron chi connectivity index (χ1n) is 3.46. The molecule has 0 aromatic heterocycles. The smallest absolute Gasteiger partial charge is 0.268 e. The molecule has 0 bridgehead atoms. The van der Waals surface area contributed by atoms with E-state index in [0.717, 1.165) is 23.1 Å². The monoisotopic (exact) mass is 147 g/mol. The number of epoxide rings is 1. The molecule has 0 spiro atoms. The lowest BCUT2D eigenvalue weighted by Crippen LogP contribution is -1.91. The van der Waals surface area contributed by atoms with Gasteiger partial charge in [-0.05, 0) is 12.2 Å². The van der Waals surface area contributed by atoms with E-state index < -0.39 is 0 Å². The molecule has 0 aromatic carbocycles. The van der Waals surface area contributed by atoms with Crippen molar-refractivity contribution in [2.45, 2.75) is 0 Å². The van der Waals surface area contributed by atoms with E-state index in [1.807, 2.05) is 18.2 Å². The molecule has 3 heteroatoms. The van der Waals surface area contributed by atoms with Gasteiger partial charge in [-0.1, -0.05) is 6.08 Å². The van der Waals surface area contributed by atoms with Crippen molar-refractivity contribution in [3.63, 3.8) is 0 Å². The molecule has 0 unspecified atom stereocenters. The average molecular weight is 147 g/mol. The van der Waals surface area contributed by atoms with E-state index in [4.69, 9.17) is 9.47 Å². The summed E-state index contributed by atoms with van der Waals surface area (Å²) in [7, 11) is 0. The van der Waals surface area contributed by atoms with E-state index in [1.54, 1.807) is 0 Å². The molecule has 0 radical (unpaired) electrons. The normalized spacial score (nSPS) is 24.0. The molecular formula is C8H5NO2. The summed E-state index contributed by atoms with van der Waals surface area (Å²) < 4.78 is 10.4. The number of nitrogens with zero attached hydrogens (tertiary/aromatic N) is 1. The first-order valence-corrected chi connectivity index (χ1v) is 3.46. The van der Waals surface area contributed by atoms with Crippen LogP contribution in [0.25, 0.3) is 0 Å². The number of fused-ring (bicyclic) bond motifs is 2. The topological polar surface area (TPSA) is 34.1 Å². The number of aliphatic imine (C=N–C) groups is 1. The molecule has 3 nitrogen and oxygen atoms in total. The molecule has 3 heterocycles. The van der Waals surface area contributed by atoms with Gasteiger partial charge >= 0.3 is 0 Å². The zero-order chi connectivity index (χ0) is 7.26. The van der Waals surface area contributed by atoms with Gasteiger partial charge in [-0.2, -0.15) is 0 Å². The summed E-state index contributed by atoms with van der Waals surface area (Å²) in [4.78, 5) is 4.15. The maximum absolute atomic E-state index is 5.37. The van der Waals surface area contributed by atoms with E-state index >= 15 is 0 Å². The minimum atomic E-state index is 0.602. The summed E-state index contributed by atoms with van der Waals surface area (Å²) in [5.74, 6) is 2.34. The minimum absolute atomic E-state index is 0.602. The lowest BCUT2D eigenvalue weighted by atomic mass is 10.3. The molecule has 1 fully saturated rings. The van der Waals surface area contributed by atoms with Gasteiger partial charge in [0.05, 0.1) is 0 Å². The molecule has 0 aromatic rings. The number of hydrogen-bond acceptors (Lipinski definition) is 3. The Hall–Kier alpha value is -1.51. The van der Waals surface area contributed by atoms with Crippen LogP contribution < -0.4 is 0 Å². The van der Waals surface area contributed by atoms with Crippen LogP contribution in [0.4, 0.5) is 0 Å². The van der Waals surface area contributed by atoms with E-state index in [0.29, 0.717) is 6.61 Å². The summed E-state index contributed by atoms with van der Waals surface area (Å²) in [6, 6.07) is 0. The summed E-state index contributed by atoms with van der Waals surface area (Å²) in [6.45, 7) is 0.602. The Bertz CT molecular complexity index is 347. The Labute approximate surface area is 63.3 Å². The summed E-state index contributed by atoms with van der Waals surface area (Å²) in [5, 5.41) is 0. The first kappa shape index (κ1) is 5.18. The third-order valence-corrected chi connectivity index (χ3v) is 1.73. The van der Waals surface area contributed by atoms with Crippen molar-refractivity contribution >= 4 is 5.90 Å². The molecule has 3 aliphatic rings. The van der Waals surface area contributed by atoms with Crippen LogP contribution in [0.1, 0.15) is 0 Å². The molecule has 3 aliphatic heterocycles. The molecule has 3 rings (SSSR count). The van der Waals surface area contributed by atoms with Crippen molar-refractivity contribution < 1.29 is 9.47 Å². The average Bonchev–Trinajstić information content (AvgIpc) is 2.73. The second-order valence-corrected chi connectivity index (χ2v) is 2.47. The van der Waals surface area contributed by atoms with Gasteiger partial charge in [-0.15, -0.1) is 0 Å². The van der Waals surface area contributed by atoms with E-state index in [1.165, 1.54) is 0 Å². The zero-order valence-electron chi connectivity index (χ0n) is 5.70. The number of ether oxygens (including phenoxy) is 2. The van der Waals surface area contributed by atoms with Gasteiger partial charge in [0.25, 0.3) is 5.90 Å². The van der Waals surface area contributed by atoms with Crippen LogP contribution in [-0.4, -0.2) is 12.5 Å². The summed E-state index contributed by atoms with van der Waals surface area (Å²) in [5.41, 5.74) is 0.884. The van der Waals surface area contributed by atoms with Gasteiger partial charge in [-0.3, -0.25) is 0 Å². The SMILES string of the molecule is C1=CCOC2=C3OC3=NC2=C1. The fourth-order valence-electron chi connectivity index (χ4n) is 1.16. The Balaban J connectivity index is 2.14. The highest BCUT2D eigenvalue weighted by Gasteiger charge is 2.41. The van der Waals surface area contributed by atoms with Gasteiger partial charge in [0.2, 0.25) is 5.76 Å². The second kappa shape index (κ2) is 1.56. The highest BCUT2D eigenvalue weighted by molar-refractivity contribution is 6.09. The number of hydrogen-bond donors (Lipinski definition) is 0. The van der Waals surface area contributed by atoms with Gasteiger partial charge < -0.3 is 9.47 Å². The predicted octanol–water partition coefficient (Wildman–Crippen LogP) is 1.11. The van der Waals surface area contributed by atoms with Crippen LogP contribution in [0.15, 0.2) is 40.4 Å². The largest absolute Gasteiger partial charge is 0.483 e. The van der Waals surface area contributed by atoms with E-state index in [2.05, 4.69) is 4.99 Å². The third kappa shape index (κ3) is 0.596. The van der Waals surface area contributed by atoms with Crippen molar-refractivity contribution in [2.75, 3.05) is 6.61 Å². The number of allylic oxidation sites excluding steroid dienone is 2. The van der Waals surface area contributed by atoms with Crippen molar-refractivity contribution in [3.8, 4) is 0 Å². The van der Waals surface area contributed by atoms with Gasteiger partial charge in [-0.25, -0.2) is 4.99 Å². The van der Waals surface area contributed by atoms with Gasteiger partial charge in [0.15, 0.2) is 5.76 Å². The molecule has 11 heavy (non-hydrogen) atoms. The fraction of sp³-hybridized carbons (Fsp3) is 0.125. The summed E-state index contributed by atoms with van der Waals surface area (Å²) >= 11 is 0. The predicted molar refractivity (Wildman–Crippen MR) is 38.7 cm³/mol. The number of rotatable bonds is 0. The van der Waals surface area contributed by atoms with E-state index in [9.17, 15) is 0 Å². The maximum Gasteiger partial charge on any atom is 0.268 e. The fourth-order valence-corrected chi connectivity index (χ4v) is 1.16. The van der Waals surface area contributed by atoms with E-state index in [-0.39, 0.29) is 0 Å². The van der Waals surface area contributed by atoms with Crippen LogP contribution >= 0.6 is 0 Å². The Morgan fingerprint density at radius 2 is 2.36 bits per heavy atom. The highest BCUT2D eigenvalue weighted by atomic mass is 16.6. The molecule has 54 valence electrons. The van der Waals surface area contributed by atoms with Crippen LogP contribution in [0, 0.1) is 0 Å². The standard InChI is InChI=1S/C8H5NO2/c1-2-4-10-6-5(3-1)9-8-7(6)11-8/h1-3H,4H2. The van der Waals surface area contributed by atoms with Crippen LogP contribution in [0.5, 0.6) is 0 Å². The maximum atomic E-state index is 5.37. The van der Waals surface area contributed by atoms with Crippen molar-refractivity contribution in [1.82, 2.24) is 0 Å². The first-order chi connectivity index (χ1) is 5.45. The zero-order valence-corrected chi connectivity index (χ0v) is 5.70. The van der Waals surface area contributed by atoms with Crippen LogP contribution in [0.2, 0.25) is 0 Å². The van der Waals surface area contributed by atoms with Gasteiger partial charge in [0.1, 0.15) is 12.3 Å². The summed E-state index contributed by atoms with van der Waals surface area (Å²) in [6.07, 6.45) is 5.81. The minimum Gasteiger partial charge on any atom is -0.483 e. The molecule has 0 saturated carbocycles. The molecular weight excluding hydrogens is 142 g/mol. The lowest BCUT2D eigenvalue weighted by molar-refractivity contribution is 0.249. The van der Waals surface area contributed by atoms with Crippen molar-refractivity contribution in [1.29, 1.82) is 0 Å².